The van der Waals surface area contributed by atoms with E-state index in [1.54, 1.807) is 30.3 Å². The molecule has 0 amide bonds. The minimum absolute atomic E-state index is 0.0390. The Labute approximate surface area is 267 Å². The van der Waals surface area contributed by atoms with E-state index in [2.05, 4.69) is 48.8 Å². The predicted molar refractivity (Wildman–Crippen MR) is 182 cm³/mol. The number of ether oxygens (including phenoxy) is 2. The summed E-state index contributed by atoms with van der Waals surface area (Å²) in [6, 6.07) is 24.5. The molecule has 4 nitrogen and oxygen atoms in total. The second-order valence-corrected chi connectivity index (χ2v) is 12.3. The molecule has 0 radical (unpaired) electrons. The van der Waals surface area contributed by atoms with Crippen molar-refractivity contribution in [3.8, 4) is 17.2 Å². The Morgan fingerprint density at radius 1 is 0.870 bits per heavy atom. The molecule has 6 heteroatoms. The van der Waals surface area contributed by atoms with Crippen LogP contribution in [0.25, 0.3) is 38.7 Å². The number of methoxy groups -OCH3 is 1. The summed E-state index contributed by atoms with van der Waals surface area (Å²) < 4.78 is 43.6. The van der Waals surface area contributed by atoms with Crippen LogP contribution in [0.15, 0.2) is 91.0 Å². The number of phenols is 1. The second-order valence-electron chi connectivity index (χ2n) is 12.3. The third-order valence-corrected chi connectivity index (χ3v) is 9.58. The molecule has 0 bridgehead atoms. The van der Waals surface area contributed by atoms with Crippen molar-refractivity contribution in [2.75, 3.05) is 7.11 Å². The standard InChI is InChI=1S/C40H37F2NO3/c1-4-6-9-25(5-2)24-43-34-11-8-7-10-30(34)37-32-22-35(44)36(45-3)23-33(32)39-31(38(37)43)20-21-40(46-39,26-12-16-28(41)17-13-26)27-14-18-29(42)19-15-27/h7-8,10-23,25,44H,4-6,9,24H2,1-3H3. The Bertz CT molecular complexity index is 2050. The summed E-state index contributed by atoms with van der Waals surface area (Å²) in [5, 5.41) is 14.8. The lowest BCUT2D eigenvalue weighted by Gasteiger charge is -2.37. The molecule has 1 aliphatic rings. The van der Waals surface area contributed by atoms with Gasteiger partial charge in [0, 0.05) is 44.9 Å². The Kier molecular flexibility index (Phi) is 7.67. The highest BCUT2D eigenvalue weighted by Crippen LogP contribution is 2.52. The fraction of sp³-hybridized carbons (Fsp3) is 0.250. The Balaban J connectivity index is 1.58. The number of halogens is 2. The lowest BCUT2D eigenvalue weighted by Crippen LogP contribution is -2.34. The van der Waals surface area contributed by atoms with Gasteiger partial charge in [-0.05, 0) is 72.3 Å². The molecule has 1 aromatic heterocycles. The second kappa shape index (κ2) is 11.8. The number of fused-ring (bicyclic) bond motifs is 8. The van der Waals surface area contributed by atoms with Crippen molar-refractivity contribution in [2.45, 2.75) is 51.7 Å². The van der Waals surface area contributed by atoms with Gasteiger partial charge >= 0.3 is 0 Å². The predicted octanol–water partition coefficient (Wildman–Crippen LogP) is 10.5. The summed E-state index contributed by atoms with van der Waals surface area (Å²) in [7, 11) is 1.53. The molecule has 5 aromatic carbocycles. The molecule has 0 fully saturated rings. The Morgan fingerprint density at radius 2 is 1.54 bits per heavy atom. The number of nitrogens with zero attached hydrogens (tertiary/aromatic N) is 1. The van der Waals surface area contributed by atoms with E-state index in [0.29, 0.717) is 28.5 Å². The van der Waals surface area contributed by atoms with Crippen LogP contribution in [0.5, 0.6) is 17.2 Å². The van der Waals surface area contributed by atoms with Gasteiger partial charge in [-0.15, -0.1) is 0 Å². The monoisotopic (exact) mass is 617 g/mol. The molecule has 1 N–H and O–H groups in total. The first-order valence-corrected chi connectivity index (χ1v) is 16.1. The Hall–Kier alpha value is -4.84. The molecule has 0 saturated heterocycles. The summed E-state index contributed by atoms with van der Waals surface area (Å²) in [4.78, 5) is 0. The Morgan fingerprint density at radius 3 is 2.17 bits per heavy atom. The van der Waals surface area contributed by atoms with Gasteiger partial charge in [-0.3, -0.25) is 0 Å². The molecule has 0 saturated carbocycles. The SMILES string of the molecule is CCCCC(CC)Cn1c2ccccc2c2c3cc(O)c(OC)cc3c3c(c21)C=CC(c1ccc(F)cc1)(c1ccc(F)cc1)O3. The number of unbranched alkanes of at least 4 members (excludes halogenated alkanes) is 1. The first-order valence-electron chi connectivity index (χ1n) is 16.1. The number of phenolic OH excluding ortho intramolecular Hbond substituents is 1. The van der Waals surface area contributed by atoms with Crippen LogP contribution < -0.4 is 9.47 Å². The van der Waals surface area contributed by atoms with Crippen molar-refractivity contribution in [2.24, 2.45) is 5.92 Å². The van der Waals surface area contributed by atoms with Crippen LogP contribution in [0.3, 0.4) is 0 Å². The molecule has 1 aliphatic heterocycles. The van der Waals surface area contributed by atoms with Crippen molar-refractivity contribution >= 4 is 38.7 Å². The minimum Gasteiger partial charge on any atom is -0.504 e. The summed E-state index contributed by atoms with van der Waals surface area (Å²) in [5.74, 6) is 0.753. The van der Waals surface area contributed by atoms with Crippen LogP contribution in [-0.4, -0.2) is 16.8 Å². The maximum absolute atomic E-state index is 14.2. The van der Waals surface area contributed by atoms with E-state index in [1.165, 1.54) is 37.8 Å². The molecule has 1 unspecified atom stereocenters. The van der Waals surface area contributed by atoms with Gasteiger partial charge in [-0.25, -0.2) is 8.78 Å². The lowest BCUT2D eigenvalue weighted by atomic mass is 9.83. The van der Waals surface area contributed by atoms with E-state index in [0.717, 1.165) is 63.9 Å². The fourth-order valence-electron chi connectivity index (χ4n) is 7.13. The minimum atomic E-state index is -1.18. The number of rotatable bonds is 9. The van der Waals surface area contributed by atoms with Crippen molar-refractivity contribution < 1.29 is 23.4 Å². The molecule has 2 heterocycles. The fourth-order valence-corrected chi connectivity index (χ4v) is 7.13. The number of aromatic nitrogens is 1. The highest BCUT2D eigenvalue weighted by atomic mass is 19.1. The van der Waals surface area contributed by atoms with Crippen LogP contribution in [0.4, 0.5) is 8.78 Å². The largest absolute Gasteiger partial charge is 0.504 e. The molecule has 7 rings (SSSR count). The maximum atomic E-state index is 14.2. The van der Waals surface area contributed by atoms with Crippen LogP contribution in [0.2, 0.25) is 0 Å². The summed E-state index contributed by atoms with van der Waals surface area (Å²) in [6.07, 6.45) is 8.61. The van der Waals surface area contributed by atoms with E-state index >= 15 is 0 Å². The first-order chi connectivity index (χ1) is 22.4. The van der Waals surface area contributed by atoms with E-state index in [4.69, 9.17) is 9.47 Å². The quantitative estimate of drug-likeness (QED) is 0.176. The van der Waals surface area contributed by atoms with Gasteiger partial charge < -0.3 is 19.1 Å². The number of hydrogen-bond donors (Lipinski definition) is 1. The van der Waals surface area contributed by atoms with Gasteiger partial charge in [0.15, 0.2) is 17.1 Å². The van der Waals surface area contributed by atoms with Crippen molar-refractivity contribution in [1.29, 1.82) is 0 Å². The van der Waals surface area contributed by atoms with Crippen LogP contribution in [-0.2, 0) is 12.1 Å². The summed E-state index contributed by atoms with van der Waals surface area (Å²) >= 11 is 0. The molecular weight excluding hydrogens is 580 g/mol. The third kappa shape index (κ3) is 4.79. The zero-order valence-electron chi connectivity index (χ0n) is 26.3. The van der Waals surface area contributed by atoms with Crippen molar-refractivity contribution in [3.05, 3.63) is 119 Å². The average molecular weight is 618 g/mol. The highest BCUT2D eigenvalue weighted by molar-refractivity contribution is 6.25. The molecule has 0 spiro atoms. The van der Waals surface area contributed by atoms with E-state index < -0.39 is 5.60 Å². The van der Waals surface area contributed by atoms with E-state index in [-0.39, 0.29) is 17.4 Å². The highest BCUT2D eigenvalue weighted by Gasteiger charge is 2.39. The molecule has 46 heavy (non-hydrogen) atoms. The maximum Gasteiger partial charge on any atom is 0.178 e. The molecule has 0 aliphatic carbocycles. The summed E-state index contributed by atoms with van der Waals surface area (Å²) in [5.41, 5.74) is 3.30. The molecular formula is C40H37F2NO3. The molecule has 234 valence electrons. The molecule has 1 atom stereocenters. The molecule has 6 aromatic rings. The zero-order chi connectivity index (χ0) is 32.0. The van der Waals surface area contributed by atoms with Gasteiger partial charge in [-0.2, -0.15) is 0 Å². The van der Waals surface area contributed by atoms with Crippen LogP contribution >= 0.6 is 0 Å². The normalized spacial score (nSPS) is 14.5. The average Bonchev–Trinajstić information content (AvgIpc) is 3.40. The van der Waals surface area contributed by atoms with Gasteiger partial charge in [0.1, 0.15) is 17.4 Å². The van der Waals surface area contributed by atoms with Gasteiger partial charge in [0.25, 0.3) is 0 Å². The van der Waals surface area contributed by atoms with E-state index in [9.17, 15) is 13.9 Å². The summed E-state index contributed by atoms with van der Waals surface area (Å²) in [6.45, 7) is 5.33. The van der Waals surface area contributed by atoms with Gasteiger partial charge in [0.05, 0.1) is 12.6 Å². The van der Waals surface area contributed by atoms with Crippen LogP contribution in [0, 0.1) is 17.6 Å². The lowest BCUT2D eigenvalue weighted by molar-refractivity contribution is 0.163. The van der Waals surface area contributed by atoms with Crippen LogP contribution in [0.1, 0.15) is 56.2 Å². The van der Waals surface area contributed by atoms with Gasteiger partial charge in [0.2, 0.25) is 0 Å². The number of para-hydroxylation sites is 1. The zero-order valence-corrected chi connectivity index (χ0v) is 26.3. The first kappa shape index (κ1) is 29.8. The van der Waals surface area contributed by atoms with Gasteiger partial charge in [-0.1, -0.05) is 75.6 Å². The number of aromatic hydroxyl groups is 1. The van der Waals surface area contributed by atoms with Crippen molar-refractivity contribution in [1.82, 2.24) is 4.57 Å². The topological polar surface area (TPSA) is 43.6 Å². The smallest absolute Gasteiger partial charge is 0.178 e. The number of benzene rings is 5. The third-order valence-electron chi connectivity index (χ3n) is 9.58. The van der Waals surface area contributed by atoms with E-state index in [1.807, 2.05) is 12.1 Å². The van der Waals surface area contributed by atoms with Crippen molar-refractivity contribution in [3.63, 3.8) is 0 Å². The number of hydrogen-bond acceptors (Lipinski definition) is 3.